The quantitative estimate of drug-likeness (QED) is 0.914. The molecule has 0 unspecified atom stereocenters. The van der Waals surface area contributed by atoms with Crippen molar-refractivity contribution in [2.45, 2.75) is 45.4 Å². The first-order valence-corrected chi connectivity index (χ1v) is 9.53. The molecule has 0 atom stereocenters. The molecule has 6 nitrogen and oxygen atoms in total. The molecular weight excluding hydrogens is 336 g/mol. The lowest BCUT2D eigenvalue weighted by molar-refractivity contribution is -0.119. The lowest BCUT2D eigenvalue weighted by Gasteiger charge is -2.35. The first kappa shape index (κ1) is 16.2. The summed E-state index contributed by atoms with van der Waals surface area (Å²) in [5, 5.41) is 7.07. The predicted molar refractivity (Wildman–Crippen MR) is 97.3 cm³/mol. The Hall–Kier alpha value is -2.28. The number of hydrogen-bond acceptors (Lipinski definition) is 5. The molecule has 25 heavy (non-hydrogen) atoms. The maximum Gasteiger partial charge on any atom is 0.269 e. The lowest BCUT2D eigenvalue weighted by Crippen LogP contribution is -2.39. The van der Waals surface area contributed by atoms with E-state index in [1.165, 1.54) is 0 Å². The van der Waals surface area contributed by atoms with Crippen LogP contribution in [0.15, 0.2) is 12.1 Å². The molecule has 0 fully saturated rings. The highest BCUT2D eigenvalue weighted by molar-refractivity contribution is 7.08. The van der Waals surface area contributed by atoms with Gasteiger partial charge in [-0.2, -0.15) is 0 Å². The average Bonchev–Trinajstić information content (AvgIpc) is 3.07. The summed E-state index contributed by atoms with van der Waals surface area (Å²) in [6.07, 6.45) is 4.88. The Bertz CT molecular complexity index is 828. The molecule has 0 saturated carbocycles. The molecule has 7 heteroatoms. The van der Waals surface area contributed by atoms with E-state index in [9.17, 15) is 9.59 Å². The number of nitrogens with one attached hydrogen (secondary N) is 1. The highest BCUT2D eigenvalue weighted by atomic mass is 32.1. The number of nitrogens with zero attached hydrogens (tertiary/aromatic N) is 3. The Kier molecular flexibility index (Phi) is 4.25. The minimum absolute atomic E-state index is 0.148. The number of aromatic nitrogens is 2. The van der Waals surface area contributed by atoms with Crippen molar-refractivity contribution in [1.82, 2.24) is 9.59 Å². The van der Waals surface area contributed by atoms with Crippen LogP contribution in [0.3, 0.4) is 0 Å². The van der Waals surface area contributed by atoms with E-state index in [2.05, 4.69) is 21.8 Å². The molecule has 1 N–H and O–H groups in total. The third-order valence-corrected chi connectivity index (χ3v) is 5.55. The molecule has 0 radical (unpaired) electrons. The number of benzene rings is 1. The first-order valence-electron chi connectivity index (χ1n) is 8.76. The largest absolute Gasteiger partial charge is 0.321 e. The zero-order valence-corrected chi connectivity index (χ0v) is 15.0. The summed E-state index contributed by atoms with van der Waals surface area (Å²) in [4.78, 5) is 27.3. The number of carbonyl (C=O) groups excluding carboxylic acids is 2. The van der Waals surface area contributed by atoms with Crippen LogP contribution in [0.2, 0.25) is 0 Å². The molecule has 2 aromatic rings. The van der Waals surface area contributed by atoms with Crippen molar-refractivity contribution in [2.75, 3.05) is 16.8 Å². The minimum atomic E-state index is -0.148. The summed E-state index contributed by atoms with van der Waals surface area (Å²) in [6.45, 7) is 2.86. The predicted octanol–water partition coefficient (Wildman–Crippen LogP) is 2.97. The summed E-state index contributed by atoms with van der Waals surface area (Å²) in [7, 11) is 0. The van der Waals surface area contributed by atoms with Gasteiger partial charge in [-0.3, -0.25) is 9.59 Å². The van der Waals surface area contributed by atoms with Gasteiger partial charge in [-0.25, -0.2) is 0 Å². The summed E-state index contributed by atoms with van der Waals surface area (Å²) >= 11 is 1.14. The number of anilines is 2. The normalized spacial score (nSPS) is 15.9. The Balaban J connectivity index is 1.63. The fourth-order valence-corrected chi connectivity index (χ4v) is 4.30. The summed E-state index contributed by atoms with van der Waals surface area (Å²) in [5.74, 6) is 0.0651. The molecule has 0 bridgehead atoms. The second-order valence-corrected chi connectivity index (χ2v) is 7.30. The van der Waals surface area contributed by atoms with Crippen molar-refractivity contribution in [1.29, 1.82) is 0 Å². The van der Waals surface area contributed by atoms with Gasteiger partial charge in [-0.15, -0.1) is 5.10 Å². The summed E-state index contributed by atoms with van der Waals surface area (Å²) in [6, 6.07) is 4.02. The zero-order valence-electron chi connectivity index (χ0n) is 14.2. The summed E-state index contributed by atoms with van der Waals surface area (Å²) in [5.41, 5.74) is 4.95. The highest BCUT2D eigenvalue weighted by Crippen LogP contribution is 2.38. The Morgan fingerprint density at radius 1 is 1.28 bits per heavy atom. The van der Waals surface area contributed by atoms with Crippen LogP contribution in [0.5, 0.6) is 0 Å². The van der Waals surface area contributed by atoms with Gasteiger partial charge in [0.15, 0.2) is 0 Å². The van der Waals surface area contributed by atoms with E-state index in [0.29, 0.717) is 11.3 Å². The highest BCUT2D eigenvalue weighted by Gasteiger charge is 2.30. The van der Waals surface area contributed by atoms with E-state index >= 15 is 0 Å². The van der Waals surface area contributed by atoms with Crippen LogP contribution in [-0.4, -0.2) is 27.9 Å². The van der Waals surface area contributed by atoms with Gasteiger partial charge < -0.3 is 10.2 Å². The molecule has 1 aromatic heterocycles. The second kappa shape index (κ2) is 6.55. The minimum Gasteiger partial charge on any atom is -0.321 e. The van der Waals surface area contributed by atoms with E-state index in [1.807, 2.05) is 17.0 Å². The van der Waals surface area contributed by atoms with Gasteiger partial charge in [0.2, 0.25) is 5.91 Å². The first-order chi connectivity index (χ1) is 12.2. The third-order valence-electron chi connectivity index (χ3n) is 4.78. The molecule has 4 rings (SSSR count). The van der Waals surface area contributed by atoms with Gasteiger partial charge in [0.1, 0.15) is 4.88 Å². The van der Waals surface area contributed by atoms with Crippen molar-refractivity contribution < 1.29 is 9.59 Å². The van der Waals surface area contributed by atoms with Crippen LogP contribution in [0.1, 0.15) is 52.7 Å². The molecule has 1 aromatic carbocycles. The molecule has 0 saturated heterocycles. The fourth-order valence-electron chi connectivity index (χ4n) is 3.69. The monoisotopic (exact) mass is 356 g/mol. The number of aryl methyl sites for hydroxylation is 3. The standard InChI is InChI=1S/C18H20N4O2S/c1-2-4-14-17(25-21-20-14)18(24)19-13-9-11-5-3-8-22-15(23)7-6-12(10-13)16(11)22/h9-10H,2-8H2,1H3,(H,19,24). The van der Waals surface area contributed by atoms with E-state index in [0.717, 1.165) is 78.4 Å². The van der Waals surface area contributed by atoms with Crippen LogP contribution < -0.4 is 10.2 Å². The Morgan fingerprint density at radius 3 is 2.88 bits per heavy atom. The molecule has 130 valence electrons. The van der Waals surface area contributed by atoms with E-state index < -0.39 is 0 Å². The van der Waals surface area contributed by atoms with Gasteiger partial charge in [0.25, 0.3) is 5.91 Å². The molecule has 2 aliphatic rings. The van der Waals surface area contributed by atoms with Crippen LogP contribution in [0.4, 0.5) is 11.4 Å². The fraction of sp³-hybridized carbons (Fsp3) is 0.444. The van der Waals surface area contributed by atoms with Gasteiger partial charge >= 0.3 is 0 Å². The van der Waals surface area contributed by atoms with Gasteiger partial charge in [0.05, 0.1) is 11.4 Å². The van der Waals surface area contributed by atoms with E-state index in [-0.39, 0.29) is 11.8 Å². The molecule has 0 aliphatic carbocycles. The van der Waals surface area contributed by atoms with Crippen LogP contribution in [0, 0.1) is 0 Å². The van der Waals surface area contributed by atoms with Crippen LogP contribution >= 0.6 is 11.5 Å². The van der Waals surface area contributed by atoms with Crippen molar-refractivity contribution in [3.05, 3.63) is 33.8 Å². The number of amides is 2. The van der Waals surface area contributed by atoms with Crippen molar-refractivity contribution >= 4 is 34.7 Å². The van der Waals surface area contributed by atoms with E-state index in [1.54, 1.807) is 0 Å². The maximum atomic E-state index is 12.6. The van der Waals surface area contributed by atoms with Gasteiger partial charge in [0, 0.05) is 18.7 Å². The zero-order chi connectivity index (χ0) is 17.4. The second-order valence-electron chi connectivity index (χ2n) is 6.54. The topological polar surface area (TPSA) is 75.2 Å². The SMILES string of the molecule is CCCc1nnsc1C(=O)Nc1cc2c3c(c1)CCC(=O)N3CCC2. The molecule has 0 spiro atoms. The van der Waals surface area contributed by atoms with E-state index in [4.69, 9.17) is 0 Å². The number of hydrogen-bond donors (Lipinski definition) is 1. The average molecular weight is 356 g/mol. The Labute approximate surface area is 150 Å². The van der Waals surface area contributed by atoms with Crippen molar-refractivity contribution in [3.63, 3.8) is 0 Å². The number of rotatable bonds is 4. The molecule has 3 heterocycles. The smallest absolute Gasteiger partial charge is 0.269 e. The van der Waals surface area contributed by atoms with Gasteiger partial charge in [-0.05, 0) is 60.5 Å². The third kappa shape index (κ3) is 2.93. The van der Waals surface area contributed by atoms with Crippen LogP contribution in [0.25, 0.3) is 0 Å². The van der Waals surface area contributed by atoms with Crippen molar-refractivity contribution in [3.8, 4) is 0 Å². The maximum absolute atomic E-state index is 12.6. The molecule has 2 aliphatic heterocycles. The van der Waals surface area contributed by atoms with Crippen molar-refractivity contribution in [2.24, 2.45) is 0 Å². The summed E-state index contributed by atoms with van der Waals surface area (Å²) < 4.78 is 3.92. The molecular formula is C18H20N4O2S. The Morgan fingerprint density at radius 2 is 2.08 bits per heavy atom. The molecule has 2 amide bonds. The van der Waals surface area contributed by atoms with Crippen LogP contribution in [-0.2, 0) is 24.1 Å². The lowest BCUT2D eigenvalue weighted by atomic mass is 9.91. The van der Waals surface area contributed by atoms with Gasteiger partial charge in [-0.1, -0.05) is 17.8 Å². The number of carbonyl (C=O) groups is 2.